The van der Waals surface area contributed by atoms with Crippen LogP contribution >= 0.6 is 11.6 Å². The zero-order valence-electron chi connectivity index (χ0n) is 17.8. The van der Waals surface area contributed by atoms with Gasteiger partial charge in [0.25, 0.3) is 11.8 Å². The molecule has 1 aromatic heterocycles. The lowest BCUT2D eigenvalue weighted by Gasteiger charge is -2.13. The third-order valence-corrected chi connectivity index (χ3v) is 4.77. The van der Waals surface area contributed by atoms with Gasteiger partial charge in [0.15, 0.2) is 6.61 Å². The number of pyridine rings is 1. The molecule has 0 radical (unpaired) electrons. The lowest BCUT2D eigenvalue weighted by molar-refractivity contribution is -0.123. The van der Waals surface area contributed by atoms with Crippen molar-refractivity contribution in [3.63, 3.8) is 0 Å². The van der Waals surface area contributed by atoms with Crippen LogP contribution in [0.4, 0.5) is 0 Å². The second kappa shape index (κ2) is 11.5. The molecule has 0 aliphatic carbocycles. The van der Waals surface area contributed by atoms with E-state index in [1.54, 1.807) is 42.6 Å². The molecule has 168 valence electrons. The molecule has 0 saturated heterocycles. The highest BCUT2D eigenvalue weighted by atomic mass is 35.5. The molecule has 0 atom stereocenters. The van der Waals surface area contributed by atoms with Crippen molar-refractivity contribution in [1.29, 1.82) is 5.26 Å². The molecule has 33 heavy (non-hydrogen) atoms. The van der Waals surface area contributed by atoms with Crippen LogP contribution in [0.2, 0.25) is 5.02 Å². The van der Waals surface area contributed by atoms with Crippen molar-refractivity contribution in [3.8, 4) is 17.6 Å². The third kappa shape index (κ3) is 6.95. The van der Waals surface area contributed by atoms with Crippen LogP contribution in [0.25, 0.3) is 0 Å². The molecule has 2 aromatic carbocycles. The van der Waals surface area contributed by atoms with E-state index in [1.165, 1.54) is 19.2 Å². The molecular formula is C24H21ClN4O4. The first kappa shape index (κ1) is 23.6. The largest absolute Gasteiger partial charge is 0.497 e. The first-order chi connectivity index (χ1) is 16.0. The van der Waals surface area contributed by atoms with Crippen molar-refractivity contribution in [2.24, 2.45) is 0 Å². The maximum Gasteiger partial charge on any atom is 0.258 e. The lowest BCUT2D eigenvalue weighted by atomic mass is 10.1. The number of hydrogen-bond acceptors (Lipinski definition) is 6. The number of amides is 2. The minimum absolute atomic E-state index is 0.115. The Labute approximate surface area is 196 Å². The molecule has 9 heteroatoms. The van der Waals surface area contributed by atoms with E-state index in [9.17, 15) is 14.9 Å². The van der Waals surface area contributed by atoms with Crippen molar-refractivity contribution in [2.75, 3.05) is 13.7 Å². The fourth-order valence-corrected chi connectivity index (χ4v) is 3.10. The van der Waals surface area contributed by atoms with Crippen molar-refractivity contribution in [2.45, 2.75) is 13.1 Å². The van der Waals surface area contributed by atoms with Crippen LogP contribution in [-0.4, -0.2) is 30.5 Å². The number of nitrogens with zero attached hydrogens (tertiary/aromatic N) is 2. The molecule has 0 saturated carbocycles. The lowest BCUT2D eigenvalue weighted by Crippen LogP contribution is -2.29. The Morgan fingerprint density at radius 1 is 1.09 bits per heavy atom. The molecule has 0 aliphatic rings. The van der Waals surface area contributed by atoms with Gasteiger partial charge in [0.1, 0.15) is 11.5 Å². The smallest absolute Gasteiger partial charge is 0.258 e. The maximum absolute atomic E-state index is 12.6. The summed E-state index contributed by atoms with van der Waals surface area (Å²) in [4.78, 5) is 28.9. The van der Waals surface area contributed by atoms with Gasteiger partial charge in [-0.2, -0.15) is 5.26 Å². The molecule has 1 heterocycles. The van der Waals surface area contributed by atoms with Gasteiger partial charge in [-0.25, -0.2) is 0 Å². The zero-order chi connectivity index (χ0) is 23.6. The van der Waals surface area contributed by atoms with Crippen LogP contribution in [0, 0.1) is 11.3 Å². The molecule has 0 spiro atoms. The van der Waals surface area contributed by atoms with E-state index in [4.69, 9.17) is 21.1 Å². The number of nitriles is 1. The number of benzene rings is 2. The Hall–Kier alpha value is -4.09. The van der Waals surface area contributed by atoms with Gasteiger partial charge in [-0.15, -0.1) is 0 Å². The Morgan fingerprint density at radius 2 is 1.94 bits per heavy atom. The highest BCUT2D eigenvalue weighted by Crippen LogP contribution is 2.22. The van der Waals surface area contributed by atoms with E-state index >= 15 is 0 Å². The van der Waals surface area contributed by atoms with Crippen LogP contribution < -0.4 is 20.1 Å². The fourth-order valence-electron chi connectivity index (χ4n) is 2.88. The van der Waals surface area contributed by atoms with Crippen molar-refractivity contribution >= 4 is 23.4 Å². The SMILES string of the molecule is COc1cc(Cl)cc(C(=O)NCc2ccc(C#N)cc2OCC(=O)NCc2ccccn2)c1. The van der Waals surface area contributed by atoms with Crippen LogP contribution in [-0.2, 0) is 17.9 Å². The van der Waals surface area contributed by atoms with Crippen molar-refractivity contribution in [1.82, 2.24) is 15.6 Å². The van der Waals surface area contributed by atoms with E-state index in [2.05, 4.69) is 15.6 Å². The summed E-state index contributed by atoms with van der Waals surface area (Å²) in [6.45, 7) is 0.131. The summed E-state index contributed by atoms with van der Waals surface area (Å²) in [5.41, 5.74) is 2.03. The van der Waals surface area contributed by atoms with Crippen molar-refractivity contribution < 1.29 is 19.1 Å². The molecule has 8 nitrogen and oxygen atoms in total. The minimum Gasteiger partial charge on any atom is -0.497 e. The molecule has 2 amide bonds. The maximum atomic E-state index is 12.6. The summed E-state index contributed by atoms with van der Waals surface area (Å²) in [6.07, 6.45) is 1.64. The molecule has 3 aromatic rings. The Bertz CT molecular complexity index is 1180. The number of carbonyl (C=O) groups excluding carboxylic acids is 2. The summed E-state index contributed by atoms with van der Waals surface area (Å²) >= 11 is 6.03. The van der Waals surface area contributed by atoms with Crippen LogP contribution in [0.5, 0.6) is 11.5 Å². The van der Waals surface area contributed by atoms with Gasteiger partial charge >= 0.3 is 0 Å². The number of aromatic nitrogens is 1. The zero-order valence-corrected chi connectivity index (χ0v) is 18.6. The number of methoxy groups -OCH3 is 1. The number of hydrogen-bond donors (Lipinski definition) is 2. The van der Waals surface area contributed by atoms with Crippen molar-refractivity contribution in [3.05, 3.63) is 88.2 Å². The van der Waals surface area contributed by atoms with E-state index in [0.717, 1.165) is 5.69 Å². The average molecular weight is 465 g/mol. The predicted molar refractivity (Wildman–Crippen MR) is 122 cm³/mol. The van der Waals surface area contributed by atoms with Gasteiger partial charge < -0.3 is 20.1 Å². The van der Waals surface area contributed by atoms with Crippen LogP contribution in [0.3, 0.4) is 0 Å². The first-order valence-electron chi connectivity index (χ1n) is 9.93. The summed E-state index contributed by atoms with van der Waals surface area (Å²) in [6, 6.07) is 17.0. The number of halogens is 1. The Kier molecular flexibility index (Phi) is 8.22. The molecule has 0 bridgehead atoms. The number of rotatable bonds is 9. The number of nitrogens with one attached hydrogen (secondary N) is 2. The molecule has 0 aliphatic heterocycles. The first-order valence-corrected chi connectivity index (χ1v) is 10.3. The number of carbonyl (C=O) groups is 2. The van der Waals surface area contributed by atoms with E-state index in [1.807, 2.05) is 12.1 Å². The third-order valence-electron chi connectivity index (χ3n) is 4.56. The second-order valence-electron chi connectivity index (χ2n) is 6.88. The second-order valence-corrected chi connectivity index (χ2v) is 7.32. The quantitative estimate of drug-likeness (QED) is 0.502. The van der Waals surface area contributed by atoms with Gasteiger partial charge in [0.05, 0.1) is 31.0 Å². The van der Waals surface area contributed by atoms with Gasteiger partial charge in [-0.05, 0) is 42.5 Å². The standard InChI is InChI=1S/C24H21ClN4O4/c1-32-21-10-18(9-19(25)11-21)24(31)29-13-17-6-5-16(12-26)8-22(17)33-15-23(30)28-14-20-4-2-3-7-27-20/h2-11H,13-15H2,1H3,(H,28,30)(H,29,31). The Morgan fingerprint density at radius 3 is 2.67 bits per heavy atom. The fraction of sp³-hybridized carbons (Fsp3) is 0.167. The van der Waals surface area contributed by atoms with E-state index in [0.29, 0.717) is 33.2 Å². The monoisotopic (exact) mass is 464 g/mol. The topological polar surface area (TPSA) is 113 Å². The van der Waals surface area contributed by atoms with Crippen LogP contribution in [0.1, 0.15) is 27.2 Å². The molecule has 2 N–H and O–H groups in total. The normalized spacial score (nSPS) is 10.1. The van der Waals surface area contributed by atoms with Crippen LogP contribution in [0.15, 0.2) is 60.8 Å². The molecular weight excluding hydrogens is 444 g/mol. The molecule has 3 rings (SSSR count). The highest BCUT2D eigenvalue weighted by Gasteiger charge is 2.12. The van der Waals surface area contributed by atoms with E-state index < -0.39 is 0 Å². The van der Waals surface area contributed by atoms with Gasteiger partial charge in [0.2, 0.25) is 0 Å². The molecule has 0 fully saturated rings. The predicted octanol–water partition coefficient (Wildman–Crippen LogP) is 3.24. The summed E-state index contributed by atoms with van der Waals surface area (Å²) < 4.78 is 10.8. The highest BCUT2D eigenvalue weighted by molar-refractivity contribution is 6.31. The van der Waals surface area contributed by atoms with Gasteiger partial charge in [-0.3, -0.25) is 14.6 Å². The Balaban J connectivity index is 1.63. The summed E-state index contributed by atoms with van der Waals surface area (Å²) in [7, 11) is 1.49. The van der Waals surface area contributed by atoms with Gasteiger partial charge in [0, 0.05) is 28.9 Å². The number of ether oxygens (including phenoxy) is 2. The van der Waals surface area contributed by atoms with Gasteiger partial charge in [-0.1, -0.05) is 23.7 Å². The average Bonchev–Trinajstić information content (AvgIpc) is 2.85. The molecule has 0 unspecified atom stereocenters. The minimum atomic E-state index is -0.362. The summed E-state index contributed by atoms with van der Waals surface area (Å²) in [5, 5.41) is 15.1. The summed E-state index contributed by atoms with van der Waals surface area (Å²) in [5.74, 6) is 0.0843. The van der Waals surface area contributed by atoms with E-state index in [-0.39, 0.29) is 31.5 Å².